The summed E-state index contributed by atoms with van der Waals surface area (Å²) < 4.78 is 19.6. The lowest BCUT2D eigenvalue weighted by molar-refractivity contribution is 0.00578. The Bertz CT molecular complexity index is 645. The maximum Gasteiger partial charge on any atom is 0.490 e. The van der Waals surface area contributed by atoms with Crippen LogP contribution in [0.15, 0.2) is 22.5 Å². The molecule has 1 aromatic rings. The van der Waals surface area contributed by atoms with E-state index < -0.39 is 0 Å². The van der Waals surface area contributed by atoms with Gasteiger partial charge in [0.2, 0.25) is 0 Å². The van der Waals surface area contributed by atoms with Crippen LogP contribution in [0.4, 0.5) is 0 Å². The van der Waals surface area contributed by atoms with Crippen LogP contribution in [0.5, 0.6) is 0 Å². The van der Waals surface area contributed by atoms with E-state index in [2.05, 4.69) is 0 Å². The van der Waals surface area contributed by atoms with Gasteiger partial charge in [-0.3, -0.25) is 4.79 Å². The number of aromatic nitrogens is 1. The lowest BCUT2D eigenvalue weighted by Gasteiger charge is -2.32. The monoisotopic (exact) mass is 323 g/mol. The van der Waals surface area contributed by atoms with E-state index in [9.17, 15) is 4.79 Å². The summed E-state index contributed by atoms with van der Waals surface area (Å²) in [5, 5.41) is 0. The average Bonchev–Trinajstić information content (AvgIpc) is 2.87. The third-order valence-corrected chi connectivity index (χ3v) is 5.74. The molecule has 3 rings (SSSR count). The minimum Gasteiger partial charge on any atom is -0.400 e. The van der Waals surface area contributed by atoms with Crippen molar-refractivity contribution in [2.45, 2.75) is 51.4 Å². The van der Waals surface area contributed by atoms with Crippen molar-refractivity contribution in [1.82, 2.24) is 4.57 Å². The van der Waals surface area contributed by atoms with Gasteiger partial charge in [0.05, 0.1) is 22.7 Å². The first-order valence-corrected chi connectivity index (χ1v) is 8.35. The summed E-state index contributed by atoms with van der Waals surface area (Å²) in [7, 11) is 1.42. The summed E-state index contributed by atoms with van der Waals surface area (Å²) in [6, 6.07) is 0. The van der Waals surface area contributed by atoms with Crippen LogP contribution >= 0.6 is 11.3 Å². The normalized spacial score (nSPS) is 27.0. The SMILES string of the molecule is Cn1cc(C2C=C(B3OC(C)(C)C(C)(C)O3)CCO2)sc1=O. The second-order valence-corrected chi connectivity index (χ2v) is 7.91. The molecule has 0 bridgehead atoms. The molecule has 0 saturated carbocycles. The quantitative estimate of drug-likeness (QED) is 0.785. The molecule has 7 heteroatoms. The molecule has 1 atom stereocenters. The topological polar surface area (TPSA) is 49.7 Å². The first kappa shape index (κ1) is 16.0. The van der Waals surface area contributed by atoms with Gasteiger partial charge in [-0.25, -0.2) is 0 Å². The Balaban J connectivity index is 1.84. The number of hydrogen-bond donors (Lipinski definition) is 0. The zero-order valence-corrected chi connectivity index (χ0v) is 14.5. The summed E-state index contributed by atoms with van der Waals surface area (Å²) in [6.45, 7) is 8.80. The Kier molecular flexibility index (Phi) is 3.88. The van der Waals surface area contributed by atoms with Crippen LogP contribution in [0.2, 0.25) is 0 Å². The van der Waals surface area contributed by atoms with Gasteiger partial charge in [-0.05, 0) is 39.6 Å². The van der Waals surface area contributed by atoms with Crippen molar-refractivity contribution in [1.29, 1.82) is 0 Å². The van der Waals surface area contributed by atoms with Gasteiger partial charge in [-0.15, -0.1) is 0 Å². The van der Waals surface area contributed by atoms with Gasteiger partial charge >= 0.3 is 12.0 Å². The van der Waals surface area contributed by atoms with E-state index in [4.69, 9.17) is 14.0 Å². The highest BCUT2D eigenvalue weighted by atomic mass is 32.1. The molecule has 0 aromatic carbocycles. The summed E-state index contributed by atoms with van der Waals surface area (Å²) in [6.07, 6.45) is 4.47. The highest BCUT2D eigenvalue weighted by Crippen LogP contribution is 2.40. The smallest absolute Gasteiger partial charge is 0.400 e. The first-order chi connectivity index (χ1) is 10.2. The van der Waals surface area contributed by atoms with Crippen LogP contribution in [0.3, 0.4) is 0 Å². The molecule has 5 nitrogen and oxygen atoms in total. The number of hydrogen-bond acceptors (Lipinski definition) is 5. The van der Waals surface area contributed by atoms with Crippen molar-refractivity contribution in [3.05, 3.63) is 32.3 Å². The molecule has 0 radical (unpaired) electrons. The van der Waals surface area contributed by atoms with Crippen molar-refractivity contribution in [3.63, 3.8) is 0 Å². The van der Waals surface area contributed by atoms with Gasteiger partial charge in [0.15, 0.2) is 0 Å². The molecule has 0 aliphatic carbocycles. The molecule has 1 unspecified atom stereocenters. The summed E-state index contributed by atoms with van der Waals surface area (Å²) in [5.41, 5.74) is 0.409. The second-order valence-electron chi connectivity index (χ2n) is 6.88. The predicted molar refractivity (Wildman–Crippen MR) is 87.0 cm³/mol. The van der Waals surface area contributed by atoms with Crippen molar-refractivity contribution in [2.75, 3.05) is 6.61 Å². The van der Waals surface area contributed by atoms with Crippen molar-refractivity contribution in [3.8, 4) is 0 Å². The molecule has 2 aliphatic heterocycles. The van der Waals surface area contributed by atoms with Crippen LogP contribution in [0, 0.1) is 0 Å². The molecule has 3 heterocycles. The standard InChI is InChI=1S/C15H22BNO4S/c1-14(2)15(3,4)21-16(20-14)10-6-7-19-11(8-10)12-9-17(5)13(18)22-12/h8-9,11H,6-7H2,1-5H3. The number of aryl methyl sites for hydroxylation is 1. The second kappa shape index (κ2) is 5.34. The van der Waals surface area contributed by atoms with E-state index in [0.717, 1.165) is 16.8 Å². The molecule has 22 heavy (non-hydrogen) atoms. The Labute approximate surface area is 135 Å². The fourth-order valence-corrected chi connectivity index (χ4v) is 3.42. The number of ether oxygens (including phenoxy) is 1. The molecule has 1 fully saturated rings. The fourth-order valence-electron chi connectivity index (χ4n) is 2.56. The van der Waals surface area contributed by atoms with Gasteiger partial charge in [0, 0.05) is 13.2 Å². The van der Waals surface area contributed by atoms with Crippen molar-refractivity contribution < 1.29 is 14.0 Å². The maximum atomic E-state index is 11.6. The minimum atomic E-state index is -0.343. The molecule has 0 amide bonds. The predicted octanol–water partition coefficient (Wildman–Crippen LogP) is 2.47. The van der Waals surface area contributed by atoms with Crippen LogP contribution in [0.1, 0.15) is 45.1 Å². The Morgan fingerprint density at radius 3 is 2.45 bits per heavy atom. The van der Waals surface area contributed by atoms with Crippen LogP contribution in [0.25, 0.3) is 0 Å². The van der Waals surface area contributed by atoms with Gasteiger partial charge in [-0.2, -0.15) is 0 Å². The van der Waals surface area contributed by atoms with Crippen LogP contribution < -0.4 is 4.87 Å². The molecule has 1 saturated heterocycles. The molecule has 0 N–H and O–H groups in total. The lowest BCUT2D eigenvalue weighted by Crippen LogP contribution is -2.41. The number of nitrogens with zero attached hydrogens (tertiary/aromatic N) is 1. The molecular weight excluding hydrogens is 301 g/mol. The average molecular weight is 323 g/mol. The van der Waals surface area contributed by atoms with E-state index in [1.165, 1.54) is 11.3 Å². The maximum absolute atomic E-state index is 11.6. The number of thiazole rings is 1. The van der Waals surface area contributed by atoms with E-state index in [0.29, 0.717) is 6.61 Å². The van der Waals surface area contributed by atoms with Crippen molar-refractivity contribution >= 4 is 18.5 Å². The van der Waals surface area contributed by atoms with E-state index in [-0.39, 0.29) is 29.3 Å². The van der Waals surface area contributed by atoms with E-state index in [1.54, 1.807) is 11.6 Å². The third-order valence-electron chi connectivity index (χ3n) is 4.70. The summed E-state index contributed by atoms with van der Waals surface area (Å²) >= 11 is 1.22. The first-order valence-electron chi connectivity index (χ1n) is 7.54. The van der Waals surface area contributed by atoms with Crippen molar-refractivity contribution in [2.24, 2.45) is 7.05 Å². The highest BCUT2D eigenvalue weighted by molar-refractivity contribution is 7.09. The molecular formula is C15H22BNO4S. The molecule has 2 aliphatic rings. The Morgan fingerprint density at radius 2 is 1.91 bits per heavy atom. The van der Waals surface area contributed by atoms with Crippen LogP contribution in [-0.4, -0.2) is 29.5 Å². The lowest BCUT2D eigenvalue weighted by atomic mass is 9.74. The molecule has 1 aromatic heterocycles. The number of rotatable bonds is 2. The zero-order valence-electron chi connectivity index (χ0n) is 13.7. The Morgan fingerprint density at radius 1 is 1.27 bits per heavy atom. The third kappa shape index (κ3) is 2.71. The largest absolute Gasteiger partial charge is 0.490 e. The molecule has 120 valence electrons. The minimum absolute atomic E-state index is 0.0229. The van der Waals surface area contributed by atoms with E-state index in [1.807, 2.05) is 40.0 Å². The van der Waals surface area contributed by atoms with Gasteiger partial charge in [-0.1, -0.05) is 17.4 Å². The zero-order chi connectivity index (χ0) is 16.1. The van der Waals surface area contributed by atoms with Gasteiger partial charge < -0.3 is 18.6 Å². The highest BCUT2D eigenvalue weighted by Gasteiger charge is 2.52. The Hall–Kier alpha value is -0.885. The summed E-state index contributed by atoms with van der Waals surface area (Å²) in [5.74, 6) is 0. The fraction of sp³-hybridized carbons (Fsp3) is 0.667. The van der Waals surface area contributed by atoms with Gasteiger partial charge in [0.1, 0.15) is 6.10 Å². The molecule has 0 spiro atoms. The van der Waals surface area contributed by atoms with Crippen LogP contribution in [-0.2, 0) is 21.1 Å². The summed E-state index contributed by atoms with van der Waals surface area (Å²) in [4.78, 5) is 12.6. The van der Waals surface area contributed by atoms with E-state index >= 15 is 0 Å². The van der Waals surface area contributed by atoms with Gasteiger partial charge in [0.25, 0.3) is 0 Å².